The quantitative estimate of drug-likeness (QED) is 0.552. The second kappa shape index (κ2) is 2.50. The minimum absolute atomic E-state index is 0.0891. The first-order valence-electron chi connectivity index (χ1n) is 3.37. The van der Waals surface area contributed by atoms with Crippen LogP contribution >= 0.6 is 15.9 Å². The van der Waals surface area contributed by atoms with E-state index in [-0.39, 0.29) is 11.2 Å². The molecule has 0 aromatic heterocycles. The Labute approximate surface area is 69.6 Å². The number of ketones is 1. The molecule has 0 aromatic carbocycles. The summed E-state index contributed by atoms with van der Waals surface area (Å²) in [7, 11) is 0. The van der Waals surface area contributed by atoms with Crippen molar-refractivity contribution in [1.29, 1.82) is 0 Å². The van der Waals surface area contributed by atoms with Gasteiger partial charge in [-0.05, 0) is 11.5 Å². The van der Waals surface area contributed by atoms with E-state index in [1.54, 1.807) is 6.08 Å². The first-order valence-corrected chi connectivity index (χ1v) is 4.29. The fourth-order valence-electron chi connectivity index (χ4n) is 1.06. The molecular formula is C8H11BrO. The highest BCUT2D eigenvalue weighted by molar-refractivity contribution is 9.09. The Hall–Kier alpha value is -0.110. The molecule has 0 bridgehead atoms. The third kappa shape index (κ3) is 1.48. The van der Waals surface area contributed by atoms with Gasteiger partial charge in [0.05, 0.1) is 0 Å². The summed E-state index contributed by atoms with van der Waals surface area (Å²) in [6, 6.07) is 0. The van der Waals surface area contributed by atoms with Crippen molar-refractivity contribution in [2.24, 2.45) is 5.41 Å². The van der Waals surface area contributed by atoms with Crippen LogP contribution in [0, 0.1) is 5.41 Å². The van der Waals surface area contributed by atoms with E-state index in [1.165, 1.54) is 0 Å². The smallest absolute Gasteiger partial charge is 0.155 e. The van der Waals surface area contributed by atoms with Crippen LogP contribution in [0.4, 0.5) is 0 Å². The largest absolute Gasteiger partial charge is 0.295 e. The van der Waals surface area contributed by atoms with Crippen molar-refractivity contribution in [2.45, 2.75) is 25.1 Å². The molecular weight excluding hydrogens is 192 g/mol. The zero-order chi connectivity index (χ0) is 7.78. The molecule has 1 aliphatic carbocycles. The second-order valence-corrected chi connectivity index (χ2v) is 4.38. The minimum Gasteiger partial charge on any atom is -0.295 e. The van der Waals surface area contributed by atoms with Crippen LogP contribution in [0.5, 0.6) is 0 Å². The molecule has 1 unspecified atom stereocenters. The fraction of sp³-hybridized carbons (Fsp3) is 0.625. The molecule has 0 fully saturated rings. The number of carbonyl (C=O) groups excluding carboxylic acids is 1. The number of rotatable bonds is 0. The molecule has 0 spiro atoms. The van der Waals surface area contributed by atoms with Crippen LogP contribution in [0.1, 0.15) is 20.3 Å². The Kier molecular flexibility index (Phi) is 1.99. The van der Waals surface area contributed by atoms with E-state index in [0.717, 1.165) is 0 Å². The summed E-state index contributed by atoms with van der Waals surface area (Å²) in [4.78, 5) is 11.3. The fourth-order valence-corrected chi connectivity index (χ4v) is 1.37. The molecule has 1 atom stereocenters. The molecule has 0 aromatic rings. The van der Waals surface area contributed by atoms with Crippen molar-refractivity contribution in [1.82, 2.24) is 0 Å². The number of allylic oxidation sites excluding steroid dienone is 2. The van der Waals surface area contributed by atoms with Crippen LogP contribution in [0.15, 0.2) is 12.2 Å². The third-order valence-electron chi connectivity index (χ3n) is 1.83. The molecule has 0 aliphatic heterocycles. The van der Waals surface area contributed by atoms with Gasteiger partial charge in [-0.15, -0.1) is 0 Å². The molecule has 56 valence electrons. The average Bonchev–Trinajstić information content (AvgIpc) is 1.78. The number of hydrogen-bond donors (Lipinski definition) is 0. The normalized spacial score (nSPS) is 30.7. The van der Waals surface area contributed by atoms with Crippen LogP contribution in [-0.4, -0.2) is 10.6 Å². The van der Waals surface area contributed by atoms with E-state index in [4.69, 9.17) is 0 Å². The predicted octanol–water partition coefficient (Wildman–Crippen LogP) is 2.31. The van der Waals surface area contributed by atoms with Crippen molar-refractivity contribution in [3.63, 3.8) is 0 Å². The lowest BCUT2D eigenvalue weighted by atomic mass is 9.80. The van der Waals surface area contributed by atoms with Crippen molar-refractivity contribution in [3.05, 3.63) is 12.2 Å². The lowest BCUT2D eigenvalue weighted by Gasteiger charge is -2.29. The SMILES string of the molecule is CC1(C)CC(=O)C=CC1Br. The van der Waals surface area contributed by atoms with Gasteiger partial charge < -0.3 is 0 Å². The number of halogens is 1. The Bertz CT molecular complexity index is 182. The molecule has 0 heterocycles. The molecule has 0 radical (unpaired) electrons. The molecule has 1 nitrogen and oxygen atoms in total. The molecule has 2 heteroatoms. The highest BCUT2D eigenvalue weighted by Gasteiger charge is 2.30. The van der Waals surface area contributed by atoms with E-state index in [0.29, 0.717) is 11.2 Å². The topological polar surface area (TPSA) is 17.1 Å². The summed E-state index contributed by atoms with van der Waals surface area (Å²) in [5.41, 5.74) is 0.0891. The van der Waals surface area contributed by atoms with Gasteiger partial charge in [0.25, 0.3) is 0 Å². The molecule has 0 amide bonds. The maximum Gasteiger partial charge on any atom is 0.155 e. The molecule has 0 N–H and O–H groups in total. The van der Waals surface area contributed by atoms with Gasteiger partial charge in [0, 0.05) is 11.2 Å². The van der Waals surface area contributed by atoms with E-state index in [1.807, 2.05) is 6.08 Å². The van der Waals surface area contributed by atoms with Gasteiger partial charge in [-0.2, -0.15) is 0 Å². The van der Waals surface area contributed by atoms with Gasteiger partial charge in [-0.3, -0.25) is 4.79 Å². The Morgan fingerprint density at radius 2 is 2.30 bits per heavy atom. The Balaban J connectivity index is 2.82. The second-order valence-electron chi connectivity index (χ2n) is 3.39. The van der Waals surface area contributed by atoms with Crippen LogP contribution < -0.4 is 0 Å². The van der Waals surface area contributed by atoms with Crippen LogP contribution in [0.3, 0.4) is 0 Å². The summed E-state index contributed by atoms with van der Waals surface area (Å²) in [5.74, 6) is 0.237. The standard InChI is InChI=1S/C8H11BrO/c1-8(2)5-6(10)3-4-7(8)9/h3-4,7H,5H2,1-2H3. The number of hydrogen-bond acceptors (Lipinski definition) is 1. The summed E-state index contributed by atoms with van der Waals surface area (Å²) in [6.45, 7) is 4.18. The van der Waals surface area contributed by atoms with Gasteiger partial charge in [-0.25, -0.2) is 0 Å². The summed E-state index contributed by atoms with van der Waals surface area (Å²) < 4.78 is 0. The number of carbonyl (C=O) groups is 1. The minimum atomic E-state index is 0.0891. The highest BCUT2D eigenvalue weighted by Crippen LogP contribution is 2.34. The first-order chi connectivity index (χ1) is 4.52. The van der Waals surface area contributed by atoms with Gasteiger partial charge in [-0.1, -0.05) is 35.9 Å². The maximum absolute atomic E-state index is 10.9. The third-order valence-corrected chi connectivity index (χ3v) is 3.37. The summed E-state index contributed by atoms with van der Waals surface area (Å²) in [6.07, 6.45) is 4.23. The van der Waals surface area contributed by atoms with Gasteiger partial charge in [0.1, 0.15) is 0 Å². The van der Waals surface area contributed by atoms with E-state index in [9.17, 15) is 4.79 Å². The van der Waals surface area contributed by atoms with E-state index in [2.05, 4.69) is 29.8 Å². The summed E-state index contributed by atoms with van der Waals surface area (Å²) in [5, 5.41) is 0. The number of alkyl halides is 1. The molecule has 0 saturated carbocycles. The predicted molar refractivity (Wildman–Crippen MR) is 45.3 cm³/mol. The zero-order valence-corrected chi connectivity index (χ0v) is 7.81. The van der Waals surface area contributed by atoms with Crippen LogP contribution in [-0.2, 0) is 4.79 Å². The van der Waals surface area contributed by atoms with Crippen LogP contribution in [0.25, 0.3) is 0 Å². The van der Waals surface area contributed by atoms with E-state index < -0.39 is 0 Å². The highest BCUT2D eigenvalue weighted by atomic mass is 79.9. The zero-order valence-electron chi connectivity index (χ0n) is 6.23. The van der Waals surface area contributed by atoms with Crippen molar-refractivity contribution in [3.8, 4) is 0 Å². The molecule has 0 saturated heterocycles. The molecule has 10 heavy (non-hydrogen) atoms. The molecule has 1 aliphatic rings. The summed E-state index contributed by atoms with van der Waals surface area (Å²) >= 11 is 3.50. The Morgan fingerprint density at radius 3 is 2.70 bits per heavy atom. The van der Waals surface area contributed by atoms with Crippen LogP contribution in [0.2, 0.25) is 0 Å². The Morgan fingerprint density at radius 1 is 1.70 bits per heavy atom. The van der Waals surface area contributed by atoms with Gasteiger partial charge >= 0.3 is 0 Å². The maximum atomic E-state index is 10.9. The van der Waals surface area contributed by atoms with Crippen molar-refractivity contribution in [2.75, 3.05) is 0 Å². The average molecular weight is 203 g/mol. The lowest BCUT2D eigenvalue weighted by Crippen LogP contribution is -2.28. The molecule has 1 rings (SSSR count). The van der Waals surface area contributed by atoms with Crippen molar-refractivity contribution < 1.29 is 4.79 Å². The van der Waals surface area contributed by atoms with Crippen molar-refractivity contribution >= 4 is 21.7 Å². The monoisotopic (exact) mass is 202 g/mol. The first kappa shape index (κ1) is 7.99. The lowest BCUT2D eigenvalue weighted by molar-refractivity contribution is -0.116. The van der Waals surface area contributed by atoms with E-state index >= 15 is 0 Å². The van der Waals surface area contributed by atoms with Gasteiger partial charge in [0.2, 0.25) is 0 Å². The van der Waals surface area contributed by atoms with Gasteiger partial charge in [0.15, 0.2) is 5.78 Å².